The standard InChI is InChI=1S/C10H13NO3/c11-10(12)9-2-1-8(14-9)7-3-5-13-6-4-7/h1-2,7H,3-6H2,(H2,11,12). The fraction of sp³-hybridized carbons (Fsp3) is 0.500. The zero-order valence-corrected chi connectivity index (χ0v) is 7.86. The lowest BCUT2D eigenvalue weighted by Gasteiger charge is -2.19. The minimum atomic E-state index is -0.511. The van der Waals surface area contributed by atoms with Gasteiger partial charge in [0.2, 0.25) is 0 Å². The fourth-order valence-electron chi connectivity index (χ4n) is 1.69. The number of primary amides is 1. The number of ether oxygens (including phenoxy) is 1. The van der Waals surface area contributed by atoms with E-state index in [0.29, 0.717) is 5.92 Å². The Morgan fingerprint density at radius 3 is 2.64 bits per heavy atom. The van der Waals surface area contributed by atoms with Gasteiger partial charge in [0.1, 0.15) is 5.76 Å². The number of furan rings is 1. The lowest BCUT2D eigenvalue weighted by Crippen LogP contribution is -2.13. The smallest absolute Gasteiger partial charge is 0.284 e. The second kappa shape index (κ2) is 3.84. The van der Waals surface area contributed by atoms with Gasteiger partial charge in [-0.15, -0.1) is 0 Å². The van der Waals surface area contributed by atoms with E-state index in [1.807, 2.05) is 6.07 Å². The Labute approximate surface area is 82.0 Å². The Hall–Kier alpha value is -1.29. The third-order valence-electron chi connectivity index (χ3n) is 2.49. The van der Waals surface area contributed by atoms with Crippen LogP contribution in [0, 0.1) is 0 Å². The van der Waals surface area contributed by atoms with E-state index < -0.39 is 5.91 Å². The van der Waals surface area contributed by atoms with Crippen LogP contribution in [0.4, 0.5) is 0 Å². The van der Waals surface area contributed by atoms with Crippen molar-refractivity contribution in [2.75, 3.05) is 13.2 Å². The van der Waals surface area contributed by atoms with Gasteiger partial charge >= 0.3 is 0 Å². The summed E-state index contributed by atoms with van der Waals surface area (Å²) in [5.41, 5.74) is 5.10. The summed E-state index contributed by atoms with van der Waals surface area (Å²) in [5.74, 6) is 0.953. The summed E-state index contributed by atoms with van der Waals surface area (Å²) in [7, 11) is 0. The maximum absolute atomic E-state index is 10.8. The molecule has 1 aliphatic rings. The maximum Gasteiger partial charge on any atom is 0.284 e. The van der Waals surface area contributed by atoms with Crippen molar-refractivity contribution in [3.63, 3.8) is 0 Å². The molecule has 14 heavy (non-hydrogen) atoms. The van der Waals surface area contributed by atoms with Crippen molar-refractivity contribution in [3.05, 3.63) is 23.7 Å². The summed E-state index contributed by atoms with van der Waals surface area (Å²) < 4.78 is 10.6. The molecule has 76 valence electrons. The third-order valence-corrected chi connectivity index (χ3v) is 2.49. The number of hydrogen-bond donors (Lipinski definition) is 1. The molecule has 1 aliphatic heterocycles. The molecule has 0 aromatic carbocycles. The maximum atomic E-state index is 10.8. The average Bonchev–Trinajstić information content (AvgIpc) is 2.68. The summed E-state index contributed by atoms with van der Waals surface area (Å²) in [6.07, 6.45) is 1.90. The van der Waals surface area contributed by atoms with Crippen LogP contribution in [-0.4, -0.2) is 19.1 Å². The molecule has 0 spiro atoms. The van der Waals surface area contributed by atoms with E-state index in [2.05, 4.69) is 0 Å². The molecule has 2 rings (SSSR count). The second-order valence-electron chi connectivity index (χ2n) is 3.45. The summed E-state index contributed by atoms with van der Waals surface area (Å²) in [6, 6.07) is 3.46. The van der Waals surface area contributed by atoms with E-state index in [1.165, 1.54) is 0 Å². The monoisotopic (exact) mass is 195 g/mol. The van der Waals surface area contributed by atoms with Crippen LogP contribution in [0.3, 0.4) is 0 Å². The van der Waals surface area contributed by atoms with Gasteiger partial charge in [-0.1, -0.05) is 0 Å². The summed E-state index contributed by atoms with van der Waals surface area (Å²) >= 11 is 0. The highest BCUT2D eigenvalue weighted by molar-refractivity contribution is 5.89. The van der Waals surface area contributed by atoms with Gasteiger partial charge in [0.15, 0.2) is 5.76 Å². The number of hydrogen-bond acceptors (Lipinski definition) is 3. The van der Waals surface area contributed by atoms with Crippen LogP contribution < -0.4 is 5.73 Å². The van der Waals surface area contributed by atoms with Gasteiger partial charge in [0, 0.05) is 19.1 Å². The number of carbonyl (C=O) groups excluding carboxylic acids is 1. The van der Waals surface area contributed by atoms with E-state index in [4.69, 9.17) is 14.9 Å². The Bertz CT molecular complexity index is 326. The van der Waals surface area contributed by atoms with Crippen LogP contribution in [0.5, 0.6) is 0 Å². The Balaban J connectivity index is 2.11. The zero-order valence-electron chi connectivity index (χ0n) is 7.86. The van der Waals surface area contributed by atoms with Crippen LogP contribution in [0.1, 0.15) is 35.1 Å². The molecule has 2 N–H and O–H groups in total. The van der Waals surface area contributed by atoms with Gasteiger partial charge < -0.3 is 14.9 Å². The molecule has 4 heteroatoms. The summed E-state index contributed by atoms with van der Waals surface area (Å²) in [6.45, 7) is 1.52. The Morgan fingerprint density at radius 2 is 2.07 bits per heavy atom. The van der Waals surface area contributed by atoms with Gasteiger partial charge in [-0.25, -0.2) is 0 Å². The number of amides is 1. The van der Waals surface area contributed by atoms with E-state index in [9.17, 15) is 4.79 Å². The summed E-state index contributed by atoms with van der Waals surface area (Å²) in [5, 5.41) is 0. The van der Waals surface area contributed by atoms with E-state index in [-0.39, 0.29) is 5.76 Å². The van der Waals surface area contributed by atoms with Crippen molar-refractivity contribution in [2.24, 2.45) is 5.73 Å². The summed E-state index contributed by atoms with van der Waals surface area (Å²) in [4.78, 5) is 10.8. The number of nitrogens with two attached hydrogens (primary N) is 1. The van der Waals surface area contributed by atoms with Crippen LogP contribution >= 0.6 is 0 Å². The Morgan fingerprint density at radius 1 is 1.36 bits per heavy atom. The molecule has 0 bridgehead atoms. The third kappa shape index (κ3) is 1.80. The van der Waals surface area contributed by atoms with Crippen molar-refractivity contribution in [2.45, 2.75) is 18.8 Å². The molecule has 1 saturated heterocycles. The van der Waals surface area contributed by atoms with Crippen LogP contribution in [-0.2, 0) is 4.74 Å². The molecule has 2 heterocycles. The zero-order chi connectivity index (χ0) is 9.97. The molecular formula is C10H13NO3. The predicted octanol–water partition coefficient (Wildman–Crippen LogP) is 1.27. The van der Waals surface area contributed by atoms with Crippen molar-refractivity contribution in [1.29, 1.82) is 0 Å². The lowest BCUT2D eigenvalue weighted by molar-refractivity contribution is 0.0798. The van der Waals surface area contributed by atoms with Gasteiger partial charge in [0.25, 0.3) is 5.91 Å². The van der Waals surface area contributed by atoms with Gasteiger partial charge in [-0.2, -0.15) is 0 Å². The molecule has 0 saturated carbocycles. The second-order valence-corrected chi connectivity index (χ2v) is 3.45. The largest absolute Gasteiger partial charge is 0.456 e. The predicted molar refractivity (Wildman–Crippen MR) is 50.0 cm³/mol. The highest BCUT2D eigenvalue weighted by Gasteiger charge is 2.19. The molecule has 4 nitrogen and oxygen atoms in total. The van der Waals surface area contributed by atoms with Crippen molar-refractivity contribution in [3.8, 4) is 0 Å². The fourth-order valence-corrected chi connectivity index (χ4v) is 1.69. The first kappa shape index (κ1) is 9.27. The first-order valence-electron chi connectivity index (χ1n) is 4.74. The minimum absolute atomic E-state index is 0.242. The molecule has 0 atom stereocenters. The molecular weight excluding hydrogens is 182 g/mol. The van der Waals surface area contributed by atoms with E-state index in [0.717, 1.165) is 31.8 Å². The first-order valence-corrected chi connectivity index (χ1v) is 4.74. The quantitative estimate of drug-likeness (QED) is 0.772. The molecule has 1 aromatic rings. The van der Waals surface area contributed by atoms with Crippen molar-refractivity contribution < 1.29 is 13.9 Å². The van der Waals surface area contributed by atoms with Crippen LogP contribution in [0.15, 0.2) is 16.5 Å². The van der Waals surface area contributed by atoms with Crippen LogP contribution in [0.25, 0.3) is 0 Å². The lowest BCUT2D eigenvalue weighted by atomic mass is 9.98. The minimum Gasteiger partial charge on any atom is -0.456 e. The highest BCUT2D eigenvalue weighted by atomic mass is 16.5. The molecule has 0 unspecified atom stereocenters. The van der Waals surface area contributed by atoms with E-state index >= 15 is 0 Å². The average molecular weight is 195 g/mol. The molecule has 0 aliphatic carbocycles. The van der Waals surface area contributed by atoms with Crippen molar-refractivity contribution in [1.82, 2.24) is 0 Å². The molecule has 1 fully saturated rings. The van der Waals surface area contributed by atoms with Gasteiger partial charge in [0.05, 0.1) is 0 Å². The van der Waals surface area contributed by atoms with Crippen molar-refractivity contribution >= 4 is 5.91 Å². The Kier molecular flexibility index (Phi) is 2.54. The number of carbonyl (C=O) groups is 1. The molecule has 0 radical (unpaired) electrons. The van der Waals surface area contributed by atoms with Gasteiger partial charge in [-0.05, 0) is 25.0 Å². The molecule has 1 amide bonds. The number of rotatable bonds is 2. The van der Waals surface area contributed by atoms with Gasteiger partial charge in [-0.3, -0.25) is 4.79 Å². The first-order chi connectivity index (χ1) is 6.77. The van der Waals surface area contributed by atoms with Crippen LogP contribution in [0.2, 0.25) is 0 Å². The normalized spacial score (nSPS) is 18.3. The van der Waals surface area contributed by atoms with E-state index in [1.54, 1.807) is 6.07 Å². The topological polar surface area (TPSA) is 65.5 Å². The SMILES string of the molecule is NC(=O)c1ccc(C2CCOCC2)o1. The molecule has 1 aromatic heterocycles. The highest BCUT2D eigenvalue weighted by Crippen LogP contribution is 2.27.